The molecule has 1 aliphatic heterocycles. The van der Waals surface area contributed by atoms with Gasteiger partial charge in [0.15, 0.2) is 23.8 Å². The van der Waals surface area contributed by atoms with Crippen LogP contribution >= 0.6 is 0 Å². The van der Waals surface area contributed by atoms with Crippen molar-refractivity contribution in [1.29, 1.82) is 0 Å². The summed E-state index contributed by atoms with van der Waals surface area (Å²) in [6.07, 6.45) is -0.690. The van der Waals surface area contributed by atoms with Gasteiger partial charge in [0.1, 0.15) is 12.4 Å². The lowest BCUT2D eigenvalue weighted by Crippen LogP contribution is -2.47. The number of para-hydroxylation sites is 2. The molecule has 2 N–H and O–H groups in total. The Morgan fingerprint density at radius 2 is 1.81 bits per heavy atom. The quantitative estimate of drug-likeness (QED) is 0.761. The van der Waals surface area contributed by atoms with Gasteiger partial charge in [-0.1, -0.05) is 38.1 Å². The predicted octanol–water partition coefficient (Wildman–Crippen LogP) is 3.67. The van der Waals surface area contributed by atoms with Gasteiger partial charge in [-0.05, 0) is 42.7 Å². The molecule has 3 rings (SSSR count). The number of nitrogens with one attached hydrogen (secondary N) is 2. The van der Waals surface area contributed by atoms with Crippen molar-refractivity contribution in [1.82, 2.24) is 10.6 Å². The molecular weight excluding hydrogens is 344 g/mol. The van der Waals surface area contributed by atoms with E-state index in [1.165, 1.54) is 5.56 Å². The first-order valence-corrected chi connectivity index (χ1v) is 9.20. The van der Waals surface area contributed by atoms with Crippen LogP contribution in [-0.2, 0) is 0 Å². The summed E-state index contributed by atoms with van der Waals surface area (Å²) in [4.78, 5) is 12.1. The summed E-state index contributed by atoms with van der Waals surface area (Å²) in [5.74, 6) is 2.60. The number of benzene rings is 2. The van der Waals surface area contributed by atoms with Crippen LogP contribution in [0.2, 0.25) is 0 Å². The molecule has 2 aromatic rings. The molecule has 2 amide bonds. The lowest BCUT2D eigenvalue weighted by Gasteiger charge is -2.26. The second-order valence-corrected chi connectivity index (χ2v) is 6.84. The van der Waals surface area contributed by atoms with Crippen LogP contribution in [-0.4, -0.2) is 31.5 Å². The average molecular weight is 370 g/mol. The number of carbonyl (C=O) groups excluding carboxylic acids is 1. The zero-order valence-electron chi connectivity index (χ0n) is 15.9. The van der Waals surface area contributed by atoms with Crippen molar-refractivity contribution in [2.45, 2.75) is 39.0 Å². The van der Waals surface area contributed by atoms with Gasteiger partial charge in [-0.2, -0.15) is 0 Å². The molecule has 2 unspecified atom stereocenters. The summed E-state index contributed by atoms with van der Waals surface area (Å²) in [5.41, 5.74) is 1.25. The largest absolute Gasteiger partial charge is 0.486 e. The van der Waals surface area contributed by atoms with E-state index in [1.807, 2.05) is 48.5 Å². The highest BCUT2D eigenvalue weighted by atomic mass is 16.6. The first-order valence-electron chi connectivity index (χ1n) is 9.20. The fraction of sp³-hybridized carbons (Fsp3) is 0.381. The minimum absolute atomic E-state index is 0.231. The highest BCUT2D eigenvalue weighted by molar-refractivity contribution is 5.74. The summed E-state index contributed by atoms with van der Waals surface area (Å²) in [5, 5.41) is 5.54. The number of amides is 2. The van der Waals surface area contributed by atoms with Crippen molar-refractivity contribution in [3.63, 3.8) is 0 Å². The smallest absolute Gasteiger partial charge is 0.317 e. The number of carbonyl (C=O) groups is 1. The van der Waals surface area contributed by atoms with Crippen molar-refractivity contribution < 1.29 is 19.0 Å². The van der Waals surface area contributed by atoms with Crippen molar-refractivity contribution in [2.24, 2.45) is 0 Å². The molecule has 0 saturated carbocycles. The van der Waals surface area contributed by atoms with Crippen LogP contribution in [0.25, 0.3) is 0 Å². The van der Waals surface area contributed by atoms with Gasteiger partial charge in [-0.25, -0.2) is 4.79 Å². The molecule has 1 heterocycles. The van der Waals surface area contributed by atoms with Crippen molar-refractivity contribution in [3.8, 4) is 17.2 Å². The van der Waals surface area contributed by atoms with Crippen LogP contribution < -0.4 is 24.8 Å². The molecule has 0 fully saturated rings. The van der Waals surface area contributed by atoms with Gasteiger partial charge in [0, 0.05) is 0 Å². The van der Waals surface area contributed by atoms with Gasteiger partial charge >= 0.3 is 6.03 Å². The molecule has 0 spiro atoms. The SMILES string of the molecule is CC(NC(=O)NCC1COc2ccccc2O1)Oc1ccc(C(C)C)cc1. The summed E-state index contributed by atoms with van der Waals surface area (Å²) < 4.78 is 17.2. The Labute approximate surface area is 159 Å². The molecule has 0 aromatic heterocycles. The van der Waals surface area contributed by atoms with Crippen molar-refractivity contribution in [2.75, 3.05) is 13.2 Å². The zero-order valence-corrected chi connectivity index (χ0v) is 15.9. The first kappa shape index (κ1) is 18.9. The van der Waals surface area contributed by atoms with Crippen molar-refractivity contribution in [3.05, 3.63) is 54.1 Å². The highest BCUT2D eigenvalue weighted by Crippen LogP contribution is 2.30. The molecule has 0 radical (unpaired) electrons. The van der Waals surface area contributed by atoms with E-state index in [-0.39, 0.29) is 12.1 Å². The molecule has 0 aliphatic carbocycles. The van der Waals surface area contributed by atoms with Gasteiger partial charge in [0.05, 0.1) is 6.54 Å². The standard InChI is InChI=1S/C21H26N2O4/c1-14(2)16-8-10-17(11-9-16)26-15(3)23-21(24)22-12-18-13-25-19-6-4-5-7-20(19)27-18/h4-11,14-15,18H,12-13H2,1-3H3,(H2,22,23,24). The van der Waals surface area contributed by atoms with Crippen LogP contribution in [0.15, 0.2) is 48.5 Å². The summed E-state index contributed by atoms with van der Waals surface area (Å²) >= 11 is 0. The lowest BCUT2D eigenvalue weighted by molar-refractivity contribution is 0.0910. The molecule has 6 heteroatoms. The predicted molar refractivity (Wildman–Crippen MR) is 104 cm³/mol. The fourth-order valence-electron chi connectivity index (χ4n) is 2.77. The van der Waals surface area contributed by atoms with E-state index in [0.29, 0.717) is 30.6 Å². The zero-order chi connectivity index (χ0) is 19.2. The van der Waals surface area contributed by atoms with Gasteiger partial charge in [0.25, 0.3) is 0 Å². The number of fused-ring (bicyclic) bond motifs is 1. The number of ether oxygens (including phenoxy) is 3. The molecule has 2 aromatic carbocycles. The highest BCUT2D eigenvalue weighted by Gasteiger charge is 2.21. The van der Waals surface area contributed by atoms with Crippen LogP contribution in [0.3, 0.4) is 0 Å². The maximum Gasteiger partial charge on any atom is 0.317 e. The van der Waals surface area contributed by atoms with E-state index >= 15 is 0 Å². The van der Waals surface area contributed by atoms with E-state index in [4.69, 9.17) is 14.2 Å². The molecule has 6 nitrogen and oxygen atoms in total. The Hall–Kier alpha value is -2.89. The topological polar surface area (TPSA) is 68.8 Å². The molecule has 144 valence electrons. The number of hydrogen-bond donors (Lipinski definition) is 2. The Kier molecular flexibility index (Phi) is 6.06. The van der Waals surface area contributed by atoms with Crippen LogP contribution in [0.5, 0.6) is 17.2 Å². The normalized spacial score (nSPS) is 16.5. The summed E-state index contributed by atoms with van der Waals surface area (Å²) in [7, 11) is 0. The van der Waals surface area contributed by atoms with E-state index in [1.54, 1.807) is 6.92 Å². The molecule has 0 saturated heterocycles. The van der Waals surface area contributed by atoms with Crippen LogP contribution in [0.4, 0.5) is 4.79 Å². The first-order chi connectivity index (χ1) is 13.0. The lowest BCUT2D eigenvalue weighted by atomic mass is 10.0. The summed E-state index contributed by atoms with van der Waals surface area (Å²) in [6.45, 7) is 6.81. The maximum atomic E-state index is 12.1. The second kappa shape index (κ2) is 8.66. The van der Waals surface area contributed by atoms with Gasteiger partial charge in [0.2, 0.25) is 0 Å². The van der Waals surface area contributed by atoms with Gasteiger partial charge in [-0.15, -0.1) is 0 Å². The van der Waals surface area contributed by atoms with E-state index < -0.39 is 6.23 Å². The van der Waals surface area contributed by atoms with E-state index in [2.05, 4.69) is 24.5 Å². The average Bonchev–Trinajstić information content (AvgIpc) is 2.66. The Balaban J connectivity index is 1.41. The monoisotopic (exact) mass is 370 g/mol. The Bertz CT molecular complexity index is 761. The molecule has 27 heavy (non-hydrogen) atoms. The van der Waals surface area contributed by atoms with E-state index in [9.17, 15) is 4.79 Å². The second-order valence-electron chi connectivity index (χ2n) is 6.84. The molecule has 0 bridgehead atoms. The third-order valence-corrected chi connectivity index (χ3v) is 4.25. The number of urea groups is 1. The molecule has 1 aliphatic rings. The number of hydrogen-bond acceptors (Lipinski definition) is 4. The third-order valence-electron chi connectivity index (χ3n) is 4.25. The van der Waals surface area contributed by atoms with Crippen LogP contribution in [0.1, 0.15) is 32.3 Å². The molecular formula is C21H26N2O4. The van der Waals surface area contributed by atoms with Crippen LogP contribution in [0, 0.1) is 0 Å². The fourth-order valence-corrected chi connectivity index (χ4v) is 2.77. The van der Waals surface area contributed by atoms with E-state index in [0.717, 1.165) is 5.75 Å². The van der Waals surface area contributed by atoms with Gasteiger partial charge < -0.3 is 24.8 Å². The summed E-state index contributed by atoms with van der Waals surface area (Å²) in [6, 6.07) is 15.1. The minimum Gasteiger partial charge on any atom is -0.486 e. The minimum atomic E-state index is -0.459. The third kappa shape index (κ3) is 5.29. The van der Waals surface area contributed by atoms with Crippen molar-refractivity contribution >= 4 is 6.03 Å². The Morgan fingerprint density at radius 1 is 1.11 bits per heavy atom. The van der Waals surface area contributed by atoms with Gasteiger partial charge in [-0.3, -0.25) is 0 Å². The number of rotatable bonds is 6. The Morgan fingerprint density at radius 3 is 2.52 bits per heavy atom. The maximum absolute atomic E-state index is 12.1. The molecule has 2 atom stereocenters.